The maximum atomic E-state index is 12.5. The molecule has 0 aliphatic carbocycles. The number of methoxy groups -OCH3 is 1. The molecule has 0 unspecified atom stereocenters. The zero-order valence-corrected chi connectivity index (χ0v) is 12.2. The molecule has 0 radical (unpaired) electrons. The number of nitrogen functional groups attached to an aromatic ring is 1. The molecule has 2 aromatic carbocycles. The maximum absolute atomic E-state index is 12.5. The van der Waals surface area contributed by atoms with E-state index >= 15 is 0 Å². The van der Waals surface area contributed by atoms with Crippen LogP contribution in [0, 0.1) is 6.92 Å². The Hall–Kier alpha value is -2.37. The van der Waals surface area contributed by atoms with Crippen molar-refractivity contribution >= 4 is 5.69 Å². The van der Waals surface area contributed by atoms with Gasteiger partial charge in [0.05, 0.1) is 7.11 Å². The first-order valence-corrected chi connectivity index (χ1v) is 6.57. The summed E-state index contributed by atoms with van der Waals surface area (Å²) in [5, 5.41) is 0. The average Bonchev–Trinajstić information content (AvgIpc) is 2.44. The molecule has 0 amide bonds. The van der Waals surface area contributed by atoms with Crippen LogP contribution in [0.3, 0.4) is 0 Å². The number of benzene rings is 2. The Kier molecular flexibility index (Phi) is 4.49. The topological polar surface area (TPSA) is 44.5 Å². The number of anilines is 1. The lowest BCUT2D eigenvalue weighted by molar-refractivity contribution is -0.274. The summed E-state index contributed by atoms with van der Waals surface area (Å²) in [5.41, 5.74) is 8.45. The number of hydrogen-bond acceptors (Lipinski definition) is 3. The average molecular weight is 311 g/mol. The second-order valence-corrected chi connectivity index (χ2v) is 4.83. The minimum absolute atomic E-state index is 0.212. The third-order valence-electron chi connectivity index (χ3n) is 3.34. The second kappa shape index (κ2) is 6.17. The minimum atomic E-state index is -4.72. The van der Waals surface area contributed by atoms with Gasteiger partial charge in [-0.25, -0.2) is 0 Å². The van der Waals surface area contributed by atoms with Crippen molar-refractivity contribution in [1.29, 1.82) is 0 Å². The van der Waals surface area contributed by atoms with Gasteiger partial charge in [0.25, 0.3) is 0 Å². The fourth-order valence-electron chi connectivity index (χ4n) is 2.15. The van der Waals surface area contributed by atoms with E-state index in [9.17, 15) is 13.2 Å². The Morgan fingerprint density at radius 3 is 2.41 bits per heavy atom. The van der Waals surface area contributed by atoms with Crippen molar-refractivity contribution in [2.24, 2.45) is 0 Å². The van der Waals surface area contributed by atoms with Gasteiger partial charge >= 0.3 is 6.36 Å². The van der Waals surface area contributed by atoms with Gasteiger partial charge in [0, 0.05) is 18.2 Å². The van der Waals surface area contributed by atoms with Crippen LogP contribution in [0.25, 0.3) is 0 Å². The van der Waals surface area contributed by atoms with Gasteiger partial charge in [-0.15, -0.1) is 13.2 Å². The third kappa shape index (κ3) is 3.84. The van der Waals surface area contributed by atoms with Crippen LogP contribution in [-0.4, -0.2) is 13.5 Å². The van der Waals surface area contributed by atoms with E-state index in [1.165, 1.54) is 19.2 Å². The normalized spacial score (nSPS) is 11.3. The molecule has 0 heterocycles. The third-order valence-corrected chi connectivity index (χ3v) is 3.34. The van der Waals surface area contributed by atoms with Crippen LogP contribution in [0.1, 0.15) is 16.7 Å². The van der Waals surface area contributed by atoms with Crippen molar-refractivity contribution in [2.45, 2.75) is 19.7 Å². The van der Waals surface area contributed by atoms with Crippen molar-refractivity contribution in [1.82, 2.24) is 0 Å². The van der Waals surface area contributed by atoms with Crippen LogP contribution < -0.4 is 15.2 Å². The number of alkyl halides is 3. The Labute approximate surface area is 126 Å². The quantitative estimate of drug-likeness (QED) is 0.866. The molecule has 2 aromatic rings. The highest BCUT2D eigenvalue weighted by atomic mass is 19.4. The SMILES string of the molecule is COc1cc(N)c(C)c(Cc2ccccc2OC(F)(F)F)c1. The van der Waals surface area contributed by atoms with Gasteiger partial charge in [-0.3, -0.25) is 0 Å². The molecule has 0 saturated carbocycles. The Morgan fingerprint density at radius 2 is 1.77 bits per heavy atom. The summed E-state index contributed by atoms with van der Waals surface area (Å²) in [6, 6.07) is 9.49. The molecule has 0 atom stereocenters. The lowest BCUT2D eigenvalue weighted by Gasteiger charge is -2.15. The number of para-hydroxylation sites is 1. The zero-order chi connectivity index (χ0) is 16.3. The molecule has 0 bridgehead atoms. The van der Waals surface area contributed by atoms with Crippen molar-refractivity contribution in [3.63, 3.8) is 0 Å². The number of ether oxygens (including phenoxy) is 2. The zero-order valence-electron chi connectivity index (χ0n) is 12.2. The maximum Gasteiger partial charge on any atom is 0.573 e. The predicted octanol–water partition coefficient (Wildman–Crippen LogP) is 4.08. The Bertz CT molecular complexity index is 669. The summed E-state index contributed by atoms with van der Waals surface area (Å²) in [6.45, 7) is 1.82. The van der Waals surface area contributed by atoms with E-state index in [0.29, 0.717) is 17.0 Å². The fraction of sp³-hybridized carbons (Fsp3) is 0.250. The summed E-state index contributed by atoms with van der Waals surface area (Å²) in [6.07, 6.45) is -4.46. The van der Waals surface area contributed by atoms with E-state index in [0.717, 1.165) is 11.1 Å². The molecule has 0 aliphatic rings. The Morgan fingerprint density at radius 1 is 1.09 bits per heavy atom. The molecular weight excluding hydrogens is 295 g/mol. The van der Waals surface area contributed by atoms with Gasteiger partial charge < -0.3 is 15.2 Å². The van der Waals surface area contributed by atoms with Gasteiger partial charge in [0.2, 0.25) is 0 Å². The number of hydrogen-bond donors (Lipinski definition) is 1. The molecule has 0 aromatic heterocycles. The standard InChI is InChI=1S/C16H16F3NO2/c1-10-12(8-13(21-2)9-14(10)20)7-11-5-3-4-6-15(11)22-16(17,18)19/h3-6,8-9H,7,20H2,1-2H3. The summed E-state index contributed by atoms with van der Waals surface area (Å²) in [5.74, 6) is 0.350. The highest BCUT2D eigenvalue weighted by molar-refractivity contribution is 5.56. The molecule has 6 heteroatoms. The molecule has 2 N–H and O–H groups in total. The van der Waals surface area contributed by atoms with E-state index in [2.05, 4.69) is 4.74 Å². The molecular formula is C16H16F3NO2. The predicted molar refractivity (Wildman–Crippen MR) is 78.1 cm³/mol. The van der Waals surface area contributed by atoms with Gasteiger partial charge in [0.1, 0.15) is 11.5 Å². The van der Waals surface area contributed by atoms with Gasteiger partial charge in [-0.1, -0.05) is 18.2 Å². The molecule has 118 valence electrons. The monoisotopic (exact) mass is 311 g/mol. The van der Waals surface area contributed by atoms with Crippen molar-refractivity contribution in [2.75, 3.05) is 12.8 Å². The van der Waals surface area contributed by atoms with Crippen LogP contribution >= 0.6 is 0 Å². The first-order valence-electron chi connectivity index (χ1n) is 6.57. The summed E-state index contributed by atoms with van der Waals surface area (Å²) in [7, 11) is 1.51. The minimum Gasteiger partial charge on any atom is -0.497 e. The van der Waals surface area contributed by atoms with E-state index < -0.39 is 6.36 Å². The van der Waals surface area contributed by atoms with Crippen LogP contribution in [-0.2, 0) is 6.42 Å². The van der Waals surface area contributed by atoms with Gasteiger partial charge in [0.15, 0.2) is 0 Å². The summed E-state index contributed by atoms with van der Waals surface area (Å²) < 4.78 is 46.6. The molecule has 22 heavy (non-hydrogen) atoms. The number of halogens is 3. The van der Waals surface area contributed by atoms with Crippen LogP contribution in [0.5, 0.6) is 11.5 Å². The van der Waals surface area contributed by atoms with E-state index in [4.69, 9.17) is 10.5 Å². The summed E-state index contributed by atoms with van der Waals surface area (Å²) >= 11 is 0. The molecule has 3 nitrogen and oxygen atoms in total. The van der Waals surface area contributed by atoms with Crippen LogP contribution in [0.2, 0.25) is 0 Å². The van der Waals surface area contributed by atoms with Crippen molar-refractivity contribution in [3.8, 4) is 11.5 Å². The van der Waals surface area contributed by atoms with E-state index in [1.54, 1.807) is 24.3 Å². The summed E-state index contributed by atoms with van der Waals surface area (Å²) in [4.78, 5) is 0. The number of rotatable bonds is 4. The molecule has 0 saturated heterocycles. The highest BCUT2D eigenvalue weighted by Crippen LogP contribution is 2.31. The van der Waals surface area contributed by atoms with Crippen molar-refractivity contribution in [3.05, 3.63) is 53.1 Å². The Balaban J connectivity index is 2.37. The fourth-order valence-corrected chi connectivity index (χ4v) is 2.15. The van der Waals surface area contributed by atoms with Gasteiger partial charge in [-0.2, -0.15) is 0 Å². The smallest absolute Gasteiger partial charge is 0.497 e. The first-order chi connectivity index (χ1) is 10.3. The molecule has 0 fully saturated rings. The van der Waals surface area contributed by atoms with Gasteiger partial charge in [-0.05, 0) is 35.7 Å². The van der Waals surface area contributed by atoms with Crippen LogP contribution in [0.15, 0.2) is 36.4 Å². The molecule has 2 rings (SSSR count). The largest absolute Gasteiger partial charge is 0.573 e. The number of nitrogens with two attached hydrogens (primary N) is 1. The lowest BCUT2D eigenvalue weighted by Crippen LogP contribution is -2.18. The van der Waals surface area contributed by atoms with E-state index in [-0.39, 0.29) is 12.2 Å². The van der Waals surface area contributed by atoms with Crippen molar-refractivity contribution < 1.29 is 22.6 Å². The van der Waals surface area contributed by atoms with E-state index in [1.807, 2.05) is 6.92 Å². The molecule has 0 spiro atoms. The molecule has 0 aliphatic heterocycles. The second-order valence-electron chi connectivity index (χ2n) is 4.83. The van der Waals surface area contributed by atoms with Crippen LogP contribution in [0.4, 0.5) is 18.9 Å². The lowest BCUT2D eigenvalue weighted by atomic mass is 9.98. The highest BCUT2D eigenvalue weighted by Gasteiger charge is 2.32. The first kappa shape index (κ1) is 16.0.